The van der Waals surface area contributed by atoms with Gasteiger partial charge in [-0.2, -0.15) is 0 Å². The number of nitrogens with zero attached hydrogens (tertiary/aromatic N) is 1. The lowest BCUT2D eigenvalue weighted by atomic mass is 9.94. The third-order valence-electron chi connectivity index (χ3n) is 4.65. The van der Waals surface area contributed by atoms with Crippen LogP contribution in [0.5, 0.6) is 0 Å². The van der Waals surface area contributed by atoms with E-state index in [1.165, 1.54) is 24.3 Å². The lowest BCUT2D eigenvalue weighted by Crippen LogP contribution is -2.23. The van der Waals surface area contributed by atoms with Gasteiger partial charge < -0.3 is 5.32 Å². The van der Waals surface area contributed by atoms with Crippen LogP contribution in [0.3, 0.4) is 0 Å². The number of nitrogens with two attached hydrogens (primary N) is 1. The van der Waals surface area contributed by atoms with Crippen molar-refractivity contribution < 1.29 is 17.7 Å². The highest BCUT2D eigenvalue weighted by Crippen LogP contribution is 2.38. The summed E-state index contributed by atoms with van der Waals surface area (Å²) in [5.74, 6) is -0.224. The first kappa shape index (κ1) is 18.3. The molecule has 1 saturated carbocycles. The van der Waals surface area contributed by atoms with E-state index in [-0.39, 0.29) is 34.0 Å². The van der Waals surface area contributed by atoms with E-state index in [2.05, 4.69) is 5.32 Å². The molecule has 9 heteroatoms. The molecule has 2 atom stereocenters. The van der Waals surface area contributed by atoms with Crippen molar-refractivity contribution in [3.63, 3.8) is 0 Å². The summed E-state index contributed by atoms with van der Waals surface area (Å²) in [6.45, 7) is 0. The van der Waals surface area contributed by atoms with Gasteiger partial charge in [-0.15, -0.1) is 0 Å². The highest BCUT2D eigenvalue weighted by molar-refractivity contribution is 7.89. The average Bonchev–Trinajstić information content (AvgIpc) is 3.03. The largest absolute Gasteiger partial charge is 0.376 e. The molecule has 2 aromatic rings. The second-order valence-electron chi connectivity index (χ2n) is 6.32. The van der Waals surface area contributed by atoms with Crippen LogP contribution in [0.4, 0.5) is 15.8 Å². The SMILES string of the molecule is NS(=O)(=O)c1ccc(NC2CCCC2c2ccc(F)cc2)c([N+](=O)[O-])c1. The van der Waals surface area contributed by atoms with Crippen molar-refractivity contribution >= 4 is 21.4 Å². The molecule has 7 nitrogen and oxygen atoms in total. The Morgan fingerprint density at radius 2 is 1.85 bits per heavy atom. The predicted molar refractivity (Wildman–Crippen MR) is 94.9 cm³/mol. The molecule has 138 valence electrons. The number of sulfonamides is 1. The third-order valence-corrected chi connectivity index (χ3v) is 5.56. The zero-order valence-electron chi connectivity index (χ0n) is 13.8. The van der Waals surface area contributed by atoms with Crippen LogP contribution in [0.25, 0.3) is 0 Å². The number of nitro benzene ring substituents is 1. The van der Waals surface area contributed by atoms with Crippen LogP contribution >= 0.6 is 0 Å². The molecule has 3 N–H and O–H groups in total. The minimum atomic E-state index is -4.03. The van der Waals surface area contributed by atoms with Crippen molar-refractivity contribution in [1.82, 2.24) is 0 Å². The summed E-state index contributed by atoms with van der Waals surface area (Å²) in [7, 11) is -4.03. The lowest BCUT2D eigenvalue weighted by Gasteiger charge is -2.22. The fraction of sp³-hybridized carbons (Fsp3) is 0.294. The van der Waals surface area contributed by atoms with Crippen molar-refractivity contribution in [3.8, 4) is 0 Å². The quantitative estimate of drug-likeness (QED) is 0.612. The number of hydrogen-bond donors (Lipinski definition) is 2. The molecule has 2 aromatic carbocycles. The molecule has 0 saturated heterocycles. The van der Waals surface area contributed by atoms with Crippen LogP contribution in [0.2, 0.25) is 0 Å². The van der Waals surface area contributed by atoms with Gasteiger partial charge in [0.05, 0.1) is 9.82 Å². The van der Waals surface area contributed by atoms with Gasteiger partial charge in [0.1, 0.15) is 11.5 Å². The average molecular weight is 379 g/mol. The molecule has 1 fully saturated rings. The van der Waals surface area contributed by atoms with Gasteiger partial charge in [-0.1, -0.05) is 18.6 Å². The molecule has 3 rings (SSSR count). The van der Waals surface area contributed by atoms with Gasteiger partial charge in [-0.05, 0) is 42.7 Å². The molecule has 1 aliphatic rings. The highest BCUT2D eigenvalue weighted by Gasteiger charge is 2.30. The van der Waals surface area contributed by atoms with Crippen molar-refractivity contribution in [3.05, 3.63) is 64.0 Å². The number of primary sulfonamides is 1. The topological polar surface area (TPSA) is 115 Å². The Labute approximate surface area is 150 Å². The van der Waals surface area contributed by atoms with Gasteiger partial charge in [0, 0.05) is 18.0 Å². The van der Waals surface area contributed by atoms with Gasteiger partial charge in [0.15, 0.2) is 0 Å². The summed E-state index contributed by atoms with van der Waals surface area (Å²) in [6, 6.07) is 9.72. The predicted octanol–water partition coefficient (Wildman–Crippen LogP) is 3.13. The lowest BCUT2D eigenvalue weighted by molar-refractivity contribution is -0.384. The maximum Gasteiger partial charge on any atom is 0.293 e. The molecule has 0 radical (unpaired) electrons. The van der Waals surface area contributed by atoms with Crippen LogP contribution in [-0.2, 0) is 10.0 Å². The van der Waals surface area contributed by atoms with Crippen molar-refractivity contribution in [1.29, 1.82) is 0 Å². The Balaban J connectivity index is 1.90. The zero-order valence-corrected chi connectivity index (χ0v) is 14.6. The summed E-state index contributed by atoms with van der Waals surface area (Å²) in [5.41, 5.74) is 0.855. The van der Waals surface area contributed by atoms with E-state index in [0.717, 1.165) is 30.9 Å². The highest BCUT2D eigenvalue weighted by atomic mass is 32.2. The molecule has 0 aromatic heterocycles. The van der Waals surface area contributed by atoms with E-state index in [1.54, 1.807) is 12.1 Å². The Bertz CT molecular complexity index is 932. The Morgan fingerprint density at radius 3 is 2.46 bits per heavy atom. The monoisotopic (exact) mass is 379 g/mol. The van der Waals surface area contributed by atoms with Gasteiger partial charge in [0.2, 0.25) is 10.0 Å². The first-order chi connectivity index (χ1) is 12.3. The number of halogens is 1. The third kappa shape index (κ3) is 3.83. The Hall–Kier alpha value is -2.52. The minimum absolute atomic E-state index is 0.0699. The van der Waals surface area contributed by atoms with Gasteiger partial charge in [-0.3, -0.25) is 10.1 Å². The maximum absolute atomic E-state index is 13.1. The number of rotatable bonds is 5. The second-order valence-corrected chi connectivity index (χ2v) is 7.88. The summed E-state index contributed by atoms with van der Waals surface area (Å²) < 4.78 is 36.0. The van der Waals surface area contributed by atoms with E-state index < -0.39 is 14.9 Å². The summed E-state index contributed by atoms with van der Waals surface area (Å²) >= 11 is 0. The Morgan fingerprint density at radius 1 is 1.15 bits per heavy atom. The number of hydrogen-bond acceptors (Lipinski definition) is 5. The number of nitro groups is 1. The molecule has 0 heterocycles. The minimum Gasteiger partial charge on any atom is -0.376 e. The first-order valence-electron chi connectivity index (χ1n) is 8.09. The van der Waals surface area contributed by atoms with Gasteiger partial charge >= 0.3 is 0 Å². The van der Waals surface area contributed by atoms with Crippen molar-refractivity contribution in [2.75, 3.05) is 5.32 Å². The Kier molecular flexibility index (Phi) is 4.92. The van der Waals surface area contributed by atoms with Crippen LogP contribution in [0.1, 0.15) is 30.7 Å². The van der Waals surface area contributed by atoms with Crippen LogP contribution < -0.4 is 10.5 Å². The zero-order chi connectivity index (χ0) is 18.9. The molecule has 0 spiro atoms. The standard InChI is InChI=1S/C17H18FN3O4S/c18-12-6-4-11(5-7-12)14-2-1-3-15(14)20-16-9-8-13(26(19,24)25)10-17(16)21(22)23/h4-10,14-15,20H,1-3H2,(H2,19,24,25). The number of benzene rings is 2. The van der Waals surface area contributed by atoms with E-state index >= 15 is 0 Å². The maximum atomic E-state index is 13.1. The van der Waals surface area contributed by atoms with E-state index in [4.69, 9.17) is 5.14 Å². The summed E-state index contributed by atoms with van der Waals surface area (Å²) in [4.78, 5) is 10.4. The first-order valence-corrected chi connectivity index (χ1v) is 9.63. The van der Waals surface area contributed by atoms with Crippen molar-refractivity contribution in [2.24, 2.45) is 5.14 Å². The fourth-order valence-corrected chi connectivity index (χ4v) is 3.94. The van der Waals surface area contributed by atoms with E-state index in [0.29, 0.717) is 0 Å². The molecular weight excluding hydrogens is 361 g/mol. The number of anilines is 1. The number of nitrogens with one attached hydrogen (secondary N) is 1. The smallest absolute Gasteiger partial charge is 0.293 e. The fourth-order valence-electron chi connectivity index (χ4n) is 3.40. The van der Waals surface area contributed by atoms with Crippen LogP contribution in [0, 0.1) is 15.9 Å². The van der Waals surface area contributed by atoms with Gasteiger partial charge in [-0.25, -0.2) is 17.9 Å². The van der Waals surface area contributed by atoms with Crippen LogP contribution in [0.15, 0.2) is 47.4 Å². The summed E-state index contributed by atoms with van der Waals surface area (Å²) in [5, 5.41) is 19.6. The molecule has 0 bridgehead atoms. The summed E-state index contributed by atoms with van der Waals surface area (Å²) in [6.07, 6.45) is 2.62. The van der Waals surface area contributed by atoms with Crippen molar-refractivity contribution in [2.45, 2.75) is 36.1 Å². The molecule has 0 aliphatic heterocycles. The van der Waals surface area contributed by atoms with Gasteiger partial charge in [0.25, 0.3) is 5.69 Å². The van der Waals surface area contributed by atoms with E-state index in [9.17, 15) is 22.9 Å². The molecular formula is C17H18FN3O4S. The molecule has 0 amide bonds. The molecule has 1 aliphatic carbocycles. The normalized spacial score (nSPS) is 20.1. The van der Waals surface area contributed by atoms with Crippen LogP contribution in [-0.4, -0.2) is 19.4 Å². The second kappa shape index (κ2) is 7.00. The molecule has 2 unspecified atom stereocenters. The van der Waals surface area contributed by atoms with E-state index in [1.807, 2.05) is 0 Å². The molecule has 26 heavy (non-hydrogen) atoms.